The number of aromatic nitrogens is 7. The van der Waals surface area contributed by atoms with Crippen molar-refractivity contribution in [3.63, 3.8) is 0 Å². The van der Waals surface area contributed by atoms with E-state index in [-0.39, 0.29) is 16.2 Å². The highest BCUT2D eigenvalue weighted by atomic mass is 32.1. The fraction of sp³-hybridized carbons (Fsp3) is 0.0682. The topological polar surface area (TPSA) is 116 Å². The maximum Gasteiger partial charge on any atom is 0.164 e. The Hall–Kier alpha value is -17.8. The fourth-order valence-electron chi connectivity index (χ4n) is 21.5. The molecule has 0 N–H and O–H groups in total. The number of furan rings is 1. The van der Waals surface area contributed by atoms with Crippen molar-refractivity contribution in [2.24, 2.45) is 0 Å². The molecule has 4 aliphatic rings. The molecule has 23 aromatic rings. The summed E-state index contributed by atoms with van der Waals surface area (Å²) in [5.41, 5.74) is 40.5. The third kappa shape index (κ3) is 15.8. The maximum atomic E-state index is 6.83. The quantitative estimate of drug-likeness (QED) is 0.104. The third-order valence-corrected chi connectivity index (χ3v) is 29.7. The van der Waals surface area contributed by atoms with Gasteiger partial charge in [0.1, 0.15) is 11.2 Å². The van der Waals surface area contributed by atoms with E-state index in [1.54, 1.807) is 11.3 Å². The van der Waals surface area contributed by atoms with Gasteiger partial charge in [-0.2, -0.15) is 0 Å². The molecule has 0 bridgehead atoms. The molecule has 5 aromatic heterocycles. The molecule has 680 valence electrons. The Morgan fingerprint density at radius 2 is 0.636 bits per heavy atom. The first-order chi connectivity index (χ1) is 70.1. The summed E-state index contributed by atoms with van der Waals surface area (Å²) < 4.78 is 13.3. The number of hydrogen-bond acceptors (Lipinski definition) is 11. The van der Waals surface area contributed by atoms with Gasteiger partial charge >= 0.3 is 0 Å². The van der Waals surface area contributed by atoms with Gasteiger partial charge in [-0.3, -0.25) is 0 Å². The molecule has 0 saturated carbocycles. The number of thiophene rings is 1. The summed E-state index contributed by atoms with van der Waals surface area (Å²) in [5, 5.41) is 4.26. The minimum atomic E-state index is -0.289. The minimum Gasteiger partial charge on any atom is -0.456 e. The summed E-state index contributed by atoms with van der Waals surface area (Å²) in [6.45, 7) is 14.0. The average molecular weight is 1860 g/mol. The third-order valence-electron chi connectivity index (χ3n) is 28.8. The fourth-order valence-corrected chi connectivity index (χ4v) is 22.3. The summed E-state index contributed by atoms with van der Waals surface area (Å²) in [4.78, 5) is 38.8. The second-order valence-electron chi connectivity index (χ2n) is 38.6. The first-order valence-corrected chi connectivity index (χ1v) is 49.6. The molecule has 0 saturated heterocycles. The van der Waals surface area contributed by atoms with Crippen molar-refractivity contribution in [2.75, 3.05) is 4.90 Å². The molecule has 6 heterocycles. The molecular formula is C132H94N8O2S. The van der Waals surface area contributed by atoms with Crippen LogP contribution in [0.2, 0.25) is 0 Å². The highest BCUT2D eigenvalue weighted by Crippen LogP contribution is 2.59. The molecule has 0 atom stereocenters. The van der Waals surface area contributed by atoms with Gasteiger partial charge in [-0.25, -0.2) is 34.9 Å². The molecule has 3 aliphatic carbocycles. The molecule has 0 radical (unpaired) electrons. The second-order valence-corrected chi connectivity index (χ2v) is 39.6. The van der Waals surface area contributed by atoms with Crippen molar-refractivity contribution >= 4 is 50.3 Å². The van der Waals surface area contributed by atoms with E-state index in [0.717, 1.165) is 134 Å². The number of pyridine rings is 1. The lowest BCUT2D eigenvalue weighted by molar-refractivity contribution is 0.477. The summed E-state index contributed by atoms with van der Waals surface area (Å²) in [5.74, 6) is 5.43. The van der Waals surface area contributed by atoms with Gasteiger partial charge in [0.05, 0.1) is 22.8 Å². The van der Waals surface area contributed by atoms with E-state index in [2.05, 4.69) is 379 Å². The summed E-state index contributed by atoms with van der Waals surface area (Å²) in [6.07, 6.45) is 0. The van der Waals surface area contributed by atoms with E-state index in [4.69, 9.17) is 44.0 Å². The van der Waals surface area contributed by atoms with Crippen LogP contribution < -0.4 is 9.64 Å². The number of para-hydroxylation sites is 2. The predicted octanol–water partition coefficient (Wildman–Crippen LogP) is 35.0. The van der Waals surface area contributed by atoms with E-state index in [0.29, 0.717) is 34.9 Å². The Labute approximate surface area is 835 Å². The summed E-state index contributed by atoms with van der Waals surface area (Å²) in [6, 6.07) is 160. The van der Waals surface area contributed by atoms with E-state index < -0.39 is 0 Å². The van der Waals surface area contributed by atoms with Crippen LogP contribution in [0, 0.1) is 0 Å². The number of anilines is 3. The van der Waals surface area contributed by atoms with Gasteiger partial charge in [-0.1, -0.05) is 399 Å². The maximum absolute atomic E-state index is 6.83. The lowest BCUT2D eigenvalue weighted by Gasteiger charge is -2.33. The van der Waals surface area contributed by atoms with Crippen LogP contribution in [0.5, 0.6) is 11.5 Å². The van der Waals surface area contributed by atoms with Crippen LogP contribution in [0.25, 0.3) is 201 Å². The number of benzene rings is 18. The number of rotatable bonds is 14. The first kappa shape index (κ1) is 86.8. The van der Waals surface area contributed by atoms with Crippen molar-refractivity contribution in [3.8, 4) is 191 Å². The molecular weight excluding hydrogens is 1760 g/mol. The van der Waals surface area contributed by atoms with Crippen LogP contribution in [0.4, 0.5) is 17.1 Å². The number of ether oxygens (including phenoxy) is 1. The van der Waals surface area contributed by atoms with Crippen molar-refractivity contribution in [1.82, 2.24) is 34.9 Å². The number of hydrogen-bond donors (Lipinski definition) is 0. The molecule has 0 fully saturated rings. The Balaban J connectivity index is 0.000000113. The predicted molar refractivity (Wildman–Crippen MR) is 587 cm³/mol. The zero-order chi connectivity index (χ0) is 96.0. The monoisotopic (exact) mass is 1850 g/mol. The largest absolute Gasteiger partial charge is 0.456 e. The highest BCUT2D eigenvalue weighted by molar-refractivity contribution is 7.13. The normalized spacial score (nSPS) is 13.2. The van der Waals surface area contributed by atoms with Crippen molar-refractivity contribution < 1.29 is 9.15 Å². The second kappa shape index (κ2) is 35.6. The lowest BCUT2D eigenvalue weighted by Crippen LogP contribution is -2.16. The van der Waals surface area contributed by atoms with Crippen molar-refractivity contribution in [2.45, 2.75) is 57.8 Å². The van der Waals surface area contributed by atoms with Gasteiger partial charge in [-0.05, 0) is 208 Å². The molecule has 27 rings (SSSR count). The minimum absolute atomic E-state index is 0.0420. The highest BCUT2D eigenvalue weighted by Gasteiger charge is 2.42. The van der Waals surface area contributed by atoms with Crippen molar-refractivity contribution in [1.29, 1.82) is 0 Å². The van der Waals surface area contributed by atoms with Crippen LogP contribution in [-0.4, -0.2) is 34.9 Å². The first-order valence-electron chi connectivity index (χ1n) is 48.7. The molecule has 11 heteroatoms. The molecule has 143 heavy (non-hydrogen) atoms. The molecule has 18 aromatic carbocycles. The Morgan fingerprint density at radius 3 is 1.19 bits per heavy atom. The zero-order valence-corrected chi connectivity index (χ0v) is 80.5. The molecule has 0 spiro atoms. The standard InChI is InChI=1S/C53H41N.C40H27N3OS.C39H26N4O/c1-52(2)46-22-10-8-20-42(46)44-26-24-38(30-48(44)52)35-16-12-18-37(28-35)41-32-50(34-14-6-5-7-15-34)54-51(33-41)40-19-13-17-36(29-40)39-25-27-45-43-21-9-11-23-47(43)53(3,4)49(45)31-39;1-40(2)31-17-10-9-16-28(31)34-30(23-29-27-20-19-26(33-18-11-21-45-33)22-32(27)44-36(29)35(34)40)39-42-37(24-12-5-3-6-13-24)41-38(43-39)25-14-7-4-8-15-25;1-4-13-27(14-5-1)30-23-24-34-36(26-30)44-35-22-11-10-21-33(35)43(34)32-20-12-19-31(25-32)39-41-37(28-15-6-2-7-16-28)40-38(42-39)29-17-8-3-9-18-29/h5-33H,1-4H3;3-23H,1-2H3;1-26H. The SMILES string of the molecule is CC1(C)c2ccccc2-c2c(-c3nc(-c4ccccc4)nc(-c4ccccc4)n3)cc3c(oc4cc(-c5cccs5)ccc43)c21.CC1(C)c2ccccc2-c2ccc(-c3cccc(-c4cc(-c5ccccc5)nc(-c5cccc(-c6ccc7c(c6)C(C)(C)c6ccccc6-7)c5)c4)c3)cc21.c1ccc(-c2ccc3c(c2)Oc2ccccc2N3c2cccc(-c3nc(-c4ccccc4)nc(-c4ccccc4)n3)c2)cc1. The van der Waals surface area contributed by atoms with Gasteiger partial charge in [0.15, 0.2) is 46.4 Å². The molecule has 0 amide bonds. The van der Waals surface area contributed by atoms with E-state index in [9.17, 15) is 0 Å². The van der Waals surface area contributed by atoms with Crippen LogP contribution >= 0.6 is 11.3 Å². The molecule has 10 nitrogen and oxygen atoms in total. The van der Waals surface area contributed by atoms with Gasteiger partial charge in [0.25, 0.3) is 0 Å². The van der Waals surface area contributed by atoms with Gasteiger partial charge in [-0.15, -0.1) is 11.3 Å². The van der Waals surface area contributed by atoms with Crippen molar-refractivity contribution in [3.05, 3.63) is 494 Å². The lowest BCUT2D eigenvalue weighted by atomic mass is 9.81. The van der Waals surface area contributed by atoms with Gasteiger partial charge in [0, 0.05) is 93.2 Å². The van der Waals surface area contributed by atoms with E-state index in [1.807, 2.05) is 127 Å². The van der Waals surface area contributed by atoms with Crippen LogP contribution in [0.15, 0.2) is 465 Å². The van der Waals surface area contributed by atoms with Crippen LogP contribution in [-0.2, 0) is 16.2 Å². The number of fused-ring (bicyclic) bond motifs is 15. The summed E-state index contributed by atoms with van der Waals surface area (Å²) in [7, 11) is 0. The van der Waals surface area contributed by atoms with Gasteiger partial charge < -0.3 is 14.1 Å². The Morgan fingerprint density at radius 1 is 0.231 bits per heavy atom. The van der Waals surface area contributed by atoms with Gasteiger partial charge in [0.2, 0.25) is 0 Å². The van der Waals surface area contributed by atoms with E-state index in [1.165, 1.54) is 93.9 Å². The number of nitrogens with zero attached hydrogens (tertiary/aromatic N) is 8. The van der Waals surface area contributed by atoms with Crippen LogP contribution in [0.3, 0.4) is 0 Å². The zero-order valence-electron chi connectivity index (χ0n) is 79.7. The summed E-state index contributed by atoms with van der Waals surface area (Å²) >= 11 is 1.74. The smallest absolute Gasteiger partial charge is 0.164 e. The van der Waals surface area contributed by atoms with Crippen LogP contribution in [0.1, 0.15) is 74.9 Å². The Kier molecular flexibility index (Phi) is 21.6. The van der Waals surface area contributed by atoms with E-state index >= 15 is 0 Å². The molecule has 1 aliphatic heterocycles. The average Bonchev–Trinajstić information content (AvgIpc) is 1.53. The molecule has 0 unspecified atom stereocenters. The Bertz CT molecular complexity index is 8600.